The number of hydrogen-bond donors (Lipinski definition) is 0. The molecule has 2 heteroatoms. The van der Waals surface area contributed by atoms with Crippen molar-refractivity contribution < 1.29 is 4.42 Å². The Morgan fingerprint density at radius 2 is 0.880 bits per heavy atom. The van der Waals surface area contributed by atoms with Crippen LogP contribution in [-0.4, -0.2) is 0 Å². The van der Waals surface area contributed by atoms with Crippen LogP contribution in [0.15, 0.2) is 186 Å². The topological polar surface area (TPSA) is 16.4 Å². The minimum Gasteiger partial charge on any atom is -0.456 e. The highest BCUT2D eigenvalue weighted by Crippen LogP contribution is 2.44. The summed E-state index contributed by atoms with van der Waals surface area (Å²) in [5, 5.41) is 1.17. The summed E-state index contributed by atoms with van der Waals surface area (Å²) in [6, 6.07) is 64.7. The molecule has 1 aromatic heterocycles. The van der Waals surface area contributed by atoms with Crippen LogP contribution in [0.5, 0.6) is 0 Å². The summed E-state index contributed by atoms with van der Waals surface area (Å²) >= 11 is 0. The lowest BCUT2D eigenvalue weighted by atomic mass is 9.83. The molecule has 1 heterocycles. The molecule has 0 amide bonds. The van der Waals surface area contributed by atoms with E-state index < -0.39 is 0 Å². The predicted octanol–water partition coefficient (Wildman–Crippen LogP) is 13.9. The van der Waals surface area contributed by atoms with Gasteiger partial charge in [0.15, 0.2) is 0 Å². The molecule has 0 aliphatic carbocycles. The zero-order chi connectivity index (χ0) is 34.1. The molecule has 0 saturated carbocycles. The average molecular weight is 646 g/mol. The van der Waals surface area contributed by atoms with Crippen molar-refractivity contribution in [2.75, 3.05) is 4.90 Å². The molecule has 0 spiro atoms. The van der Waals surface area contributed by atoms with Crippen LogP contribution < -0.4 is 4.90 Å². The Balaban J connectivity index is 1.21. The Morgan fingerprint density at radius 3 is 1.52 bits per heavy atom. The molecule has 0 aliphatic rings. The van der Waals surface area contributed by atoms with Crippen LogP contribution in [0.1, 0.15) is 26.3 Å². The Labute approximate surface area is 294 Å². The fraction of sp³-hybridized carbons (Fsp3) is 0.0833. The van der Waals surface area contributed by atoms with Gasteiger partial charge < -0.3 is 9.32 Å². The number of benzene rings is 7. The molecule has 0 aliphatic heterocycles. The molecular weight excluding hydrogens is 607 g/mol. The van der Waals surface area contributed by atoms with Crippen LogP contribution in [0.25, 0.3) is 55.7 Å². The molecule has 0 radical (unpaired) electrons. The van der Waals surface area contributed by atoms with Gasteiger partial charge in [-0.2, -0.15) is 0 Å². The SMILES string of the molecule is CC(C)(C)c1c(-c2cccc(N(c3ccccc3)c3ccc(-c4ccccc4-c4ccccc4-c4ccccc4)cc3)c2)oc2ccccc12. The normalized spacial score (nSPS) is 11.5. The molecule has 0 N–H and O–H groups in total. The molecule has 8 rings (SSSR count). The van der Waals surface area contributed by atoms with Gasteiger partial charge in [0.1, 0.15) is 11.3 Å². The summed E-state index contributed by atoms with van der Waals surface area (Å²) in [6.45, 7) is 6.77. The van der Waals surface area contributed by atoms with E-state index in [1.54, 1.807) is 0 Å². The zero-order valence-corrected chi connectivity index (χ0v) is 28.7. The maximum atomic E-state index is 6.59. The molecule has 0 fully saturated rings. The lowest BCUT2D eigenvalue weighted by Gasteiger charge is -2.26. The summed E-state index contributed by atoms with van der Waals surface area (Å²) in [4.78, 5) is 2.32. The second-order valence-electron chi connectivity index (χ2n) is 13.8. The van der Waals surface area contributed by atoms with Crippen LogP contribution in [0.4, 0.5) is 17.1 Å². The van der Waals surface area contributed by atoms with Crippen molar-refractivity contribution in [3.63, 3.8) is 0 Å². The number of nitrogens with zero attached hydrogens (tertiary/aromatic N) is 1. The van der Waals surface area contributed by atoms with Crippen LogP contribution >= 0.6 is 0 Å². The van der Waals surface area contributed by atoms with E-state index in [2.05, 4.69) is 202 Å². The number of anilines is 3. The second kappa shape index (κ2) is 13.1. The van der Waals surface area contributed by atoms with Crippen LogP contribution in [0, 0.1) is 0 Å². The quantitative estimate of drug-likeness (QED) is 0.171. The van der Waals surface area contributed by atoms with Crippen molar-refractivity contribution in [3.05, 3.63) is 188 Å². The third-order valence-electron chi connectivity index (χ3n) is 9.39. The summed E-state index contributed by atoms with van der Waals surface area (Å²) in [7, 11) is 0. The first kappa shape index (κ1) is 31.2. The van der Waals surface area contributed by atoms with Gasteiger partial charge in [-0.3, -0.25) is 0 Å². The summed E-state index contributed by atoms with van der Waals surface area (Å²) in [6.07, 6.45) is 0. The van der Waals surface area contributed by atoms with Gasteiger partial charge in [-0.25, -0.2) is 0 Å². The molecule has 0 saturated heterocycles. The average Bonchev–Trinajstić information content (AvgIpc) is 3.57. The maximum Gasteiger partial charge on any atom is 0.139 e. The van der Waals surface area contributed by atoms with Gasteiger partial charge in [-0.1, -0.05) is 160 Å². The Hall–Kier alpha value is -6.12. The second-order valence-corrected chi connectivity index (χ2v) is 13.8. The van der Waals surface area contributed by atoms with Crippen LogP contribution in [0.2, 0.25) is 0 Å². The first-order valence-corrected chi connectivity index (χ1v) is 17.3. The van der Waals surface area contributed by atoms with Gasteiger partial charge >= 0.3 is 0 Å². The third kappa shape index (κ3) is 5.90. The van der Waals surface area contributed by atoms with E-state index in [1.165, 1.54) is 44.3 Å². The van der Waals surface area contributed by atoms with Crippen molar-refractivity contribution in [1.29, 1.82) is 0 Å². The third-order valence-corrected chi connectivity index (χ3v) is 9.39. The van der Waals surface area contributed by atoms with Gasteiger partial charge in [0.25, 0.3) is 0 Å². The number of furan rings is 1. The predicted molar refractivity (Wildman–Crippen MR) is 211 cm³/mol. The van der Waals surface area contributed by atoms with E-state index in [9.17, 15) is 0 Å². The number of hydrogen-bond acceptors (Lipinski definition) is 2. The van der Waals surface area contributed by atoms with Gasteiger partial charge in [-0.15, -0.1) is 0 Å². The Bertz CT molecular complexity index is 2400. The van der Waals surface area contributed by atoms with Gasteiger partial charge in [0.05, 0.1) is 0 Å². The van der Waals surface area contributed by atoms with Crippen molar-refractivity contribution >= 4 is 28.0 Å². The largest absolute Gasteiger partial charge is 0.456 e. The molecule has 242 valence electrons. The molecule has 0 bridgehead atoms. The maximum absolute atomic E-state index is 6.59. The van der Waals surface area contributed by atoms with E-state index in [4.69, 9.17) is 4.42 Å². The van der Waals surface area contributed by atoms with Crippen LogP contribution in [-0.2, 0) is 5.41 Å². The lowest BCUT2D eigenvalue weighted by molar-refractivity contribution is 0.568. The van der Waals surface area contributed by atoms with E-state index in [0.717, 1.165) is 34.0 Å². The fourth-order valence-electron chi connectivity index (χ4n) is 7.15. The van der Waals surface area contributed by atoms with Crippen molar-refractivity contribution in [3.8, 4) is 44.7 Å². The van der Waals surface area contributed by atoms with Gasteiger partial charge in [0, 0.05) is 33.6 Å². The number of rotatable bonds is 7. The molecule has 7 aromatic carbocycles. The summed E-state index contributed by atoms with van der Waals surface area (Å²) in [5.41, 5.74) is 13.6. The summed E-state index contributed by atoms with van der Waals surface area (Å²) < 4.78 is 6.59. The fourth-order valence-corrected chi connectivity index (χ4v) is 7.15. The minimum absolute atomic E-state index is 0.0925. The summed E-state index contributed by atoms with van der Waals surface area (Å²) in [5.74, 6) is 0.927. The van der Waals surface area contributed by atoms with E-state index in [1.807, 2.05) is 6.07 Å². The van der Waals surface area contributed by atoms with Gasteiger partial charge in [0.2, 0.25) is 0 Å². The minimum atomic E-state index is -0.0925. The Morgan fingerprint density at radius 1 is 0.400 bits per heavy atom. The van der Waals surface area contributed by atoms with Crippen molar-refractivity contribution in [2.45, 2.75) is 26.2 Å². The van der Waals surface area contributed by atoms with Crippen molar-refractivity contribution in [2.24, 2.45) is 0 Å². The van der Waals surface area contributed by atoms with E-state index >= 15 is 0 Å². The molecule has 0 atom stereocenters. The standard InChI is InChI=1S/C48H39NO/c1-48(2,3)46-44-27-14-15-28-45(44)50-47(46)36-19-16-22-39(33-36)49(37-20-8-5-9-21-37)38-31-29-35(30-32-38)41-24-11-13-26-43(41)42-25-12-10-23-40(42)34-17-6-4-7-18-34/h4-33H,1-3H3. The number of fused-ring (bicyclic) bond motifs is 1. The van der Waals surface area contributed by atoms with Gasteiger partial charge in [-0.05, 0) is 81.3 Å². The first-order valence-electron chi connectivity index (χ1n) is 17.3. The first-order chi connectivity index (χ1) is 24.5. The Kier molecular flexibility index (Phi) is 8.14. The highest BCUT2D eigenvalue weighted by Gasteiger charge is 2.26. The van der Waals surface area contributed by atoms with Crippen LogP contribution in [0.3, 0.4) is 0 Å². The molecule has 0 unspecified atom stereocenters. The molecular formula is C48H39NO. The highest BCUT2D eigenvalue weighted by atomic mass is 16.3. The number of para-hydroxylation sites is 2. The lowest BCUT2D eigenvalue weighted by Crippen LogP contribution is -2.12. The smallest absolute Gasteiger partial charge is 0.139 e. The van der Waals surface area contributed by atoms with Crippen molar-refractivity contribution in [1.82, 2.24) is 0 Å². The monoisotopic (exact) mass is 645 g/mol. The molecule has 50 heavy (non-hydrogen) atoms. The molecule has 2 nitrogen and oxygen atoms in total. The highest BCUT2D eigenvalue weighted by molar-refractivity contribution is 5.93. The van der Waals surface area contributed by atoms with E-state index in [0.29, 0.717) is 0 Å². The zero-order valence-electron chi connectivity index (χ0n) is 28.7. The van der Waals surface area contributed by atoms with E-state index in [-0.39, 0.29) is 5.41 Å². The molecule has 8 aromatic rings.